The zero-order valence-electron chi connectivity index (χ0n) is 11.2. The van der Waals surface area contributed by atoms with Crippen molar-refractivity contribution in [3.8, 4) is 0 Å². The van der Waals surface area contributed by atoms with Crippen molar-refractivity contribution in [2.24, 2.45) is 5.73 Å². The summed E-state index contributed by atoms with van der Waals surface area (Å²) in [7, 11) is 0. The van der Waals surface area contributed by atoms with Gasteiger partial charge < -0.3 is 5.73 Å². The largest absolute Gasteiger partial charge is 0.366 e. The maximum Gasteiger partial charge on any atom is 0.246 e. The van der Waals surface area contributed by atoms with Gasteiger partial charge in [0.05, 0.1) is 0 Å². The van der Waals surface area contributed by atoms with Gasteiger partial charge in [-0.15, -0.1) is 0 Å². The number of hydrogen-bond acceptors (Lipinski definition) is 3. The standard InChI is InChI=1S/C15H10F3N3O/c16-10-5-11(17)13(12(18)6-10)21-7-9(14(19)22)4-8-2-1-3-20-15(8)21/h1-3,5-7H,4H2,(H2,19,22). The SMILES string of the molecule is NC(=O)C1=CN(c2c(F)cc(F)cc2F)c2ncccc2C1. The van der Waals surface area contributed by atoms with Crippen molar-refractivity contribution < 1.29 is 18.0 Å². The number of amides is 1. The van der Waals surface area contributed by atoms with Crippen molar-refractivity contribution in [3.63, 3.8) is 0 Å². The molecule has 7 heteroatoms. The molecule has 0 radical (unpaired) electrons. The van der Waals surface area contributed by atoms with Crippen LogP contribution in [0.3, 0.4) is 0 Å². The predicted octanol–water partition coefficient (Wildman–Crippen LogP) is 2.56. The molecule has 0 bridgehead atoms. The summed E-state index contributed by atoms with van der Waals surface area (Å²) < 4.78 is 41.1. The lowest BCUT2D eigenvalue weighted by Gasteiger charge is -2.27. The Kier molecular flexibility index (Phi) is 3.32. The molecule has 0 saturated carbocycles. The number of aromatic nitrogens is 1. The van der Waals surface area contributed by atoms with Crippen LogP contribution in [-0.2, 0) is 11.2 Å². The van der Waals surface area contributed by atoms with E-state index in [4.69, 9.17) is 5.73 Å². The first kappa shape index (κ1) is 14.1. The number of nitrogens with zero attached hydrogens (tertiary/aromatic N) is 2. The molecule has 4 nitrogen and oxygen atoms in total. The average molecular weight is 305 g/mol. The zero-order chi connectivity index (χ0) is 15.9. The molecule has 112 valence electrons. The van der Waals surface area contributed by atoms with Gasteiger partial charge in [-0.05, 0) is 6.07 Å². The van der Waals surface area contributed by atoms with Gasteiger partial charge in [0, 0.05) is 42.1 Å². The van der Waals surface area contributed by atoms with E-state index in [0.717, 1.165) is 4.90 Å². The minimum atomic E-state index is -1.10. The van der Waals surface area contributed by atoms with E-state index in [2.05, 4.69) is 4.98 Å². The van der Waals surface area contributed by atoms with Gasteiger partial charge in [0.1, 0.15) is 17.3 Å². The van der Waals surface area contributed by atoms with Gasteiger partial charge in [0.2, 0.25) is 5.91 Å². The molecule has 1 amide bonds. The second-order valence-electron chi connectivity index (χ2n) is 4.77. The molecular weight excluding hydrogens is 295 g/mol. The fraction of sp³-hybridized carbons (Fsp3) is 0.0667. The minimum absolute atomic E-state index is 0.170. The Morgan fingerprint density at radius 2 is 1.91 bits per heavy atom. The number of nitrogens with two attached hydrogens (primary N) is 1. The van der Waals surface area contributed by atoms with Crippen LogP contribution in [0.15, 0.2) is 42.2 Å². The molecule has 2 aromatic rings. The van der Waals surface area contributed by atoms with E-state index < -0.39 is 29.0 Å². The van der Waals surface area contributed by atoms with Gasteiger partial charge in [0.15, 0.2) is 11.6 Å². The summed E-state index contributed by atoms with van der Waals surface area (Å²) in [6.07, 6.45) is 2.88. The Balaban J connectivity index is 2.23. The molecule has 1 aliphatic rings. The van der Waals surface area contributed by atoms with Gasteiger partial charge in [0.25, 0.3) is 0 Å². The highest BCUT2D eigenvalue weighted by Crippen LogP contribution is 2.36. The molecule has 2 heterocycles. The van der Waals surface area contributed by atoms with Gasteiger partial charge in [-0.3, -0.25) is 9.69 Å². The predicted molar refractivity (Wildman–Crippen MR) is 73.7 cm³/mol. The van der Waals surface area contributed by atoms with Crippen LogP contribution < -0.4 is 10.6 Å². The molecule has 0 saturated heterocycles. The second kappa shape index (κ2) is 5.18. The Bertz CT molecular complexity index is 781. The smallest absolute Gasteiger partial charge is 0.246 e. The van der Waals surface area contributed by atoms with Gasteiger partial charge in [-0.1, -0.05) is 6.07 Å². The molecule has 22 heavy (non-hydrogen) atoms. The van der Waals surface area contributed by atoms with Gasteiger partial charge in [-0.2, -0.15) is 0 Å². The van der Waals surface area contributed by atoms with E-state index in [9.17, 15) is 18.0 Å². The van der Waals surface area contributed by atoms with Crippen LogP contribution >= 0.6 is 0 Å². The highest BCUT2D eigenvalue weighted by atomic mass is 19.1. The summed E-state index contributed by atoms with van der Waals surface area (Å²) in [6, 6.07) is 4.43. The number of carbonyl (C=O) groups is 1. The summed E-state index contributed by atoms with van der Waals surface area (Å²) in [6.45, 7) is 0. The van der Waals surface area contributed by atoms with Crippen LogP contribution in [0.1, 0.15) is 5.56 Å². The number of carbonyl (C=O) groups excluding carboxylic acids is 1. The van der Waals surface area contributed by atoms with E-state index in [-0.39, 0.29) is 17.8 Å². The molecule has 2 N–H and O–H groups in total. The number of anilines is 2. The summed E-state index contributed by atoms with van der Waals surface area (Å²) in [5.74, 6) is -3.68. The number of halogens is 3. The summed E-state index contributed by atoms with van der Waals surface area (Å²) in [5.41, 5.74) is 5.50. The van der Waals surface area contributed by atoms with Crippen molar-refractivity contribution >= 4 is 17.4 Å². The first-order chi connectivity index (χ1) is 10.5. The highest BCUT2D eigenvalue weighted by molar-refractivity contribution is 5.94. The van der Waals surface area contributed by atoms with Crippen LogP contribution in [-0.4, -0.2) is 10.9 Å². The summed E-state index contributed by atoms with van der Waals surface area (Å²) >= 11 is 0. The monoisotopic (exact) mass is 305 g/mol. The molecule has 0 fully saturated rings. The molecule has 1 aromatic heterocycles. The quantitative estimate of drug-likeness (QED) is 0.927. The summed E-state index contributed by atoms with van der Waals surface area (Å²) in [5, 5.41) is 0. The highest BCUT2D eigenvalue weighted by Gasteiger charge is 2.26. The third kappa shape index (κ3) is 2.30. The van der Waals surface area contributed by atoms with Crippen molar-refractivity contribution in [1.82, 2.24) is 4.98 Å². The average Bonchev–Trinajstić information content (AvgIpc) is 2.45. The molecule has 0 unspecified atom stereocenters. The van der Waals surface area contributed by atoms with Gasteiger partial charge >= 0.3 is 0 Å². The molecule has 0 aliphatic carbocycles. The van der Waals surface area contributed by atoms with Crippen LogP contribution in [0, 0.1) is 17.5 Å². The molecule has 0 spiro atoms. The van der Waals surface area contributed by atoms with E-state index in [1.165, 1.54) is 12.4 Å². The maximum atomic E-state index is 14.0. The molecule has 3 rings (SSSR count). The van der Waals surface area contributed by atoms with E-state index >= 15 is 0 Å². The number of pyridine rings is 1. The van der Waals surface area contributed by atoms with Crippen LogP contribution in [0.4, 0.5) is 24.7 Å². The van der Waals surface area contributed by atoms with Crippen molar-refractivity contribution in [3.05, 3.63) is 65.3 Å². The second-order valence-corrected chi connectivity index (χ2v) is 4.77. The maximum absolute atomic E-state index is 14.0. The van der Waals surface area contributed by atoms with E-state index in [1.807, 2.05) is 0 Å². The number of rotatable bonds is 2. The van der Waals surface area contributed by atoms with E-state index in [0.29, 0.717) is 17.7 Å². The number of hydrogen-bond donors (Lipinski definition) is 1. The van der Waals surface area contributed by atoms with Crippen molar-refractivity contribution in [2.45, 2.75) is 6.42 Å². The van der Waals surface area contributed by atoms with Crippen LogP contribution in [0.5, 0.6) is 0 Å². The van der Waals surface area contributed by atoms with Gasteiger partial charge in [-0.25, -0.2) is 18.2 Å². The molecule has 0 atom stereocenters. The third-order valence-electron chi connectivity index (χ3n) is 3.30. The fourth-order valence-corrected chi connectivity index (χ4v) is 2.34. The van der Waals surface area contributed by atoms with Crippen molar-refractivity contribution in [1.29, 1.82) is 0 Å². The molecular formula is C15H10F3N3O. The topological polar surface area (TPSA) is 59.2 Å². The third-order valence-corrected chi connectivity index (χ3v) is 3.30. The molecule has 1 aliphatic heterocycles. The first-order valence-corrected chi connectivity index (χ1v) is 6.35. The first-order valence-electron chi connectivity index (χ1n) is 6.35. The van der Waals surface area contributed by atoms with E-state index in [1.54, 1.807) is 12.1 Å². The Labute approximate surface area is 123 Å². The molecule has 1 aromatic carbocycles. The lowest BCUT2D eigenvalue weighted by atomic mass is 10.0. The van der Waals surface area contributed by atoms with Crippen LogP contribution in [0.25, 0.3) is 0 Å². The Morgan fingerprint density at radius 3 is 2.55 bits per heavy atom. The zero-order valence-corrected chi connectivity index (χ0v) is 11.2. The Hall–Kier alpha value is -2.83. The number of primary amides is 1. The fourth-order valence-electron chi connectivity index (χ4n) is 2.34. The summed E-state index contributed by atoms with van der Waals surface area (Å²) in [4.78, 5) is 16.6. The minimum Gasteiger partial charge on any atom is -0.366 e. The lowest BCUT2D eigenvalue weighted by Crippen LogP contribution is -2.26. The Morgan fingerprint density at radius 1 is 1.23 bits per heavy atom. The van der Waals surface area contributed by atoms with Crippen LogP contribution in [0.2, 0.25) is 0 Å². The van der Waals surface area contributed by atoms with Crippen molar-refractivity contribution in [2.75, 3.05) is 4.90 Å². The number of benzene rings is 1. The lowest BCUT2D eigenvalue weighted by molar-refractivity contribution is -0.114. The normalized spacial score (nSPS) is 13.6. The number of fused-ring (bicyclic) bond motifs is 1.